The standard InChI is InChI=1S/C27H27FN2O2/c1-18-23(27(2,3)14-12-25(18)32-21-8-5-7-20(28)16-21)10-11-26(31)30-24-9-4-6-19-17-29-15-13-22(19)24/h4-11,13,15-17,25H,12,14H2,1-3H3,(H,30,31)/b11-10+. The molecule has 3 aromatic rings. The lowest BCUT2D eigenvalue weighted by Gasteiger charge is -2.37. The number of ether oxygens (including phenoxy) is 1. The molecule has 4 nitrogen and oxygen atoms in total. The fourth-order valence-corrected chi connectivity index (χ4v) is 4.32. The van der Waals surface area contributed by atoms with Crippen LogP contribution in [0.1, 0.15) is 33.6 Å². The molecule has 164 valence electrons. The van der Waals surface area contributed by atoms with Gasteiger partial charge in [0.1, 0.15) is 17.7 Å². The Bertz CT molecular complexity index is 1210. The molecule has 0 fully saturated rings. The predicted octanol–water partition coefficient (Wildman–Crippen LogP) is 6.45. The number of hydrogen-bond acceptors (Lipinski definition) is 3. The van der Waals surface area contributed by atoms with Crippen molar-refractivity contribution in [2.75, 3.05) is 5.32 Å². The molecule has 0 spiro atoms. The highest BCUT2D eigenvalue weighted by atomic mass is 19.1. The molecule has 0 aliphatic heterocycles. The maximum absolute atomic E-state index is 13.6. The SMILES string of the molecule is CC1=C(/C=C/C(=O)Nc2cccc3cnccc23)C(C)(C)CCC1Oc1cccc(F)c1. The van der Waals surface area contributed by atoms with E-state index in [0.29, 0.717) is 5.75 Å². The minimum Gasteiger partial charge on any atom is -0.486 e. The number of pyridine rings is 1. The topological polar surface area (TPSA) is 51.2 Å². The molecule has 0 bridgehead atoms. The number of allylic oxidation sites excluding steroid dienone is 2. The number of carbonyl (C=O) groups excluding carboxylic acids is 1. The number of halogens is 1. The first-order valence-corrected chi connectivity index (χ1v) is 10.8. The van der Waals surface area contributed by atoms with Gasteiger partial charge in [-0.25, -0.2) is 4.39 Å². The Labute approximate surface area is 187 Å². The van der Waals surface area contributed by atoms with Gasteiger partial charge in [0.05, 0.1) is 0 Å². The Morgan fingerprint density at radius 3 is 2.84 bits per heavy atom. The van der Waals surface area contributed by atoms with E-state index in [1.165, 1.54) is 12.1 Å². The second-order valence-corrected chi connectivity index (χ2v) is 8.81. The number of fused-ring (bicyclic) bond motifs is 1. The minimum absolute atomic E-state index is 0.0895. The average Bonchev–Trinajstić information content (AvgIpc) is 2.76. The molecule has 1 aliphatic carbocycles. The third kappa shape index (κ3) is 4.72. The van der Waals surface area contributed by atoms with Crippen molar-refractivity contribution < 1.29 is 13.9 Å². The largest absolute Gasteiger partial charge is 0.486 e. The maximum atomic E-state index is 13.6. The number of anilines is 1. The summed E-state index contributed by atoms with van der Waals surface area (Å²) in [7, 11) is 0. The van der Waals surface area contributed by atoms with Gasteiger partial charge in [-0.05, 0) is 60.6 Å². The molecule has 4 rings (SSSR count). The van der Waals surface area contributed by atoms with Gasteiger partial charge >= 0.3 is 0 Å². The van der Waals surface area contributed by atoms with Gasteiger partial charge in [-0.15, -0.1) is 0 Å². The number of hydrogen-bond donors (Lipinski definition) is 1. The van der Waals surface area contributed by atoms with E-state index in [1.54, 1.807) is 30.6 Å². The second-order valence-electron chi connectivity index (χ2n) is 8.81. The lowest BCUT2D eigenvalue weighted by atomic mass is 9.71. The molecule has 1 aliphatic rings. The van der Waals surface area contributed by atoms with Crippen molar-refractivity contribution in [3.05, 3.63) is 90.0 Å². The fourth-order valence-electron chi connectivity index (χ4n) is 4.32. The number of carbonyl (C=O) groups is 1. The van der Waals surface area contributed by atoms with Crippen LogP contribution in [0.15, 0.2) is 84.2 Å². The summed E-state index contributed by atoms with van der Waals surface area (Å²) in [5, 5.41) is 4.89. The van der Waals surface area contributed by atoms with Crippen LogP contribution in [0.25, 0.3) is 10.8 Å². The van der Waals surface area contributed by atoms with E-state index < -0.39 is 0 Å². The Balaban J connectivity index is 1.55. The molecule has 1 amide bonds. The molecule has 0 saturated carbocycles. The van der Waals surface area contributed by atoms with Crippen molar-refractivity contribution in [2.24, 2.45) is 5.41 Å². The van der Waals surface area contributed by atoms with Crippen molar-refractivity contribution in [3.63, 3.8) is 0 Å². The maximum Gasteiger partial charge on any atom is 0.248 e. The number of nitrogens with one attached hydrogen (secondary N) is 1. The summed E-state index contributed by atoms with van der Waals surface area (Å²) in [6.45, 7) is 6.37. The van der Waals surface area contributed by atoms with Crippen LogP contribution in [0.5, 0.6) is 5.75 Å². The molecule has 0 radical (unpaired) electrons. The molecule has 1 heterocycles. The Kier molecular flexibility index (Phi) is 6.08. The number of rotatable bonds is 5. The normalized spacial score (nSPS) is 18.2. The zero-order valence-corrected chi connectivity index (χ0v) is 18.6. The number of nitrogens with zero attached hydrogens (tertiary/aromatic N) is 1. The zero-order valence-electron chi connectivity index (χ0n) is 18.6. The molecule has 32 heavy (non-hydrogen) atoms. The molecular weight excluding hydrogens is 403 g/mol. The van der Waals surface area contributed by atoms with Crippen LogP contribution < -0.4 is 10.1 Å². The molecule has 0 saturated heterocycles. The zero-order chi connectivity index (χ0) is 22.7. The highest BCUT2D eigenvalue weighted by molar-refractivity contribution is 6.06. The Morgan fingerprint density at radius 2 is 2.03 bits per heavy atom. The van der Waals surface area contributed by atoms with Gasteiger partial charge in [0.2, 0.25) is 5.91 Å². The van der Waals surface area contributed by atoms with Crippen LogP contribution in [-0.2, 0) is 4.79 Å². The van der Waals surface area contributed by atoms with Gasteiger partial charge in [-0.2, -0.15) is 0 Å². The summed E-state index contributed by atoms with van der Waals surface area (Å²) in [5.41, 5.74) is 2.79. The molecule has 1 atom stereocenters. The highest BCUT2D eigenvalue weighted by Gasteiger charge is 2.33. The van der Waals surface area contributed by atoms with Crippen molar-refractivity contribution >= 4 is 22.4 Å². The summed E-state index contributed by atoms with van der Waals surface area (Å²) in [5.74, 6) is 0.000406. The summed E-state index contributed by atoms with van der Waals surface area (Å²) < 4.78 is 19.6. The number of amides is 1. The van der Waals surface area contributed by atoms with E-state index in [2.05, 4.69) is 24.1 Å². The van der Waals surface area contributed by atoms with Crippen LogP contribution in [0.3, 0.4) is 0 Å². The quantitative estimate of drug-likeness (QED) is 0.473. The smallest absolute Gasteiger partial charge is 0.248 e. The van der Waals surface area contributed by atoms with Gasteiger partial charge in [0.25, 0.3) is 0 Å². The van der Waals surface area contributed by atoms with Crippen LogP contribution >= 0.6 is 0 Å². The van der Waals surface area contributed by atoms with Crippen molar-refractivity contribution in [3.8, 4) is 5.75 Å². The summed E-state index contributed by atoms with van der Waals surface area (Å²) >= 11 is 0. The van der Waals surface area contributed by atoms with E-state index >= 15 is 0 Å². The second kappa shape index (κ2) is 8.95. The summed E-state index contributed by atoms with van der Waals surface area (Å²) in [4.78, 5) is 16.8. The Morgan fingerprint density at radius 1 is 1.22 bits per heavy atom. The van der Waals surface area contributed by atoms with Gasteiger partial charge < -0.3 is 10.1 Å². The predicted molar refractivity (Wildman–Crippen MR) is 126 cm³/mol. The van der Waals surface area contributed by atoms with Gasteiger partial charge in [0.15, 0.2) is 0 Å². The van der Waals surface area contributed by atoms with E-state index in [0.717, 1.165) is 40.4 Å². The van der Waals surface area contributed by atoms with Crippen molar-refractivity contribution in [2.45, 2.75) is 39.7 Å². The molecule has 1 unspecified atom stereocenters. The van der Waals surface area contributed by atoms with Gasteiger partial charge in [-0.1, -0.05) is 38.1 Å². The molecule has 1 N–H and O–H groups in total. The first-order valence-electron chi connectivity index (χ1n) is 10.8. The van der Waals surface area contributed by atoms with Crippen LogP contribution in [0.2, 0.25) is 0 Å². The molecular formula is C27H27FN2O2. The lowest BCUT2D eigenvalue weighted by Crippen LogP contribution is -2.31. The third-order valence-corrected chi connectivity index (χ3v) is 6.08. The first-order chi connectivity index (χ1) is 15.3. The first kappa shape index (κ1) is 21.8. The Hall–Kier alpha value is -3.47. The van der Waals surface area contributed by atoms with Crippen LogP contribution in [0, 0.1) is 11.2 Å². The minimum atomic E-state index is -0.318. The summed E-state index contributed by atoms with van der Waals surface area (Å²) in [6, 6.07) is 13.8. The third-order valence-electron chi connectivity index (χ3n) is 6.08. The highest BCUT2D eigenvalue weighted by Crippen LogP contribution is 2.42. The van der Waals surface area contributed by atoms with Crippen molar-refractivity contribution in [1.29, 1.82) is 0 Å². The van der Waals surface area contributed by atoms with E-state index in [1.807, 2.05) is 37.3 Å². The molecule has 1 aromatic heterocycles. The molecule has 2 aromatic carbocycles. The monoisotopic (exact) mass is 430 g/mol. The number of benzene rings is 2. The fraction of sp³-hybridized carbons (Fsp3) is 0.259. The van der Waals surface area contributed by atoms with Gasteiger partial charge in [0, 0.05) is 41.0 Å². The molecule has 5 heteroatoms. The van der Waals surface area contributed by atoms with Gasteiger partial charge in [-0.3, -0.25) is 9.78 Å². The number of aromatic nitrogens is 1. The average molecular weight is 431 g/mol. The van der Waals surface area contributed by atoms with E-state index in [9.17, 15) is 9.18 Å². The van der Waals surface area contributed by atoms with E-state index in [-0.39, 0.29) is 23.2 Å². The van der Waals surface area contributed by atoms with Crippen LogP contribution in [-0.4, -0.2) is 17.0 Å². The van der Waals surface area contributed by atoms with Crippen LogP contribution in [0.4, 0.5) is 10.1 Å². The summed E-state index contributed by atoms with van der Waals surface area (Å²) in [6.07, 6.45) is 8.54. The lowest BCUT2D eigenvalue weighted by molar-refractivity contribution is -0.111. The van der Waals surface area contributed by atoms with Crippen molar-refractivity contribution in [1.82, 2.24) is 4.98 Å². The van der Waals surface area contributed by atoms with E-state index in [4.69, 9.17) is 4.74 Å².